The van der Waals surface area contributed by atoms with Gasteiger partial charge in [0.25, 0.3) is 0 Å². The van der Waals surface area contributed by atoms with E-state index >= 15 is 0 Å². The third kappa shape index (κ3) is 2.33. The largest absolute Gasteiger partial charge is 0.373 e. The van der Waals surface area contributed by atoms with Crippen molar-refractivity contribution in [1.29, 1.82) is 0 Å². The van der Waals surface area contributed by atoms with Crippen molar-refractivity contribution in [2.24, 2.45) is 5.41 Å². The molecule has 0 aromatic heterocycles. The van der Waals surface area contributed by atoms with Crippen molar-refractivity contribution in [3.05, 3.63) is 11.6 Å². The van der Waals surface area contributed by atoms with Gasteiger partial charge in [0.15, 0.2) is 0 Å². The zero-order valence-corrected chi connectivity index (χ0v) is 7.98. The predicted octanol–water partition coefficient (Wildman–Crippen LogP) is 2.77. The quantitative estimate of drug-likeness (QED) is 0.487. The molecule has 0 fully saturated rings. The van der Waals surface area contributed by atoms with Gasteiger partial charge in [0, 0.05) is 0 Å². The summed E-state index contributed by atoms with van der Waals surface area (Å²) < 4.78 is 5.64. The lowest BCUT2D eigenvalue weighted by Gasteiger charge is -2.33. The summed E-state index contributed by atoms with van der Waals surface area (Å²) in [5, 5.41) is 0. The maximum atomic E-state index is 5.64. The molecule has 64 valence electrons. The van der Waals surface area contributed by atoms with Gasteiger partial charge in [-0.15, -0.1) is 0 Å². The standard InChI is InChI=1S/C10H18O/c1-8-5-6-11-9(7-8)10(2,3)4/h5,9H,6-7H2,1-4H3. The molecule has 1 atom stereocenters. The second-order valence-electron chi connectivity index (χ2n) is 4.44. The molecule has 0 aliphatic carbocycles. The second kappa shape index (κ2) is 2.98. The first-order valence-electron chi connectivity index (χ1n) is 4.27. The van der Waals surface area contributed by atoms with E-state index in [0.717, 1.165) is 13.0 Å². The fourth-order valence-electron chi connectivity index (χ4n) is 1.30. The number of ether oxygens (including phenoxy) is 1. The Morgan fingerprint density at radius 3 is 2.45 bits per heavy atom. The van der Waals surface area contributed by atoms with Crippen molar-refractivity contribution in [2.75, 3.05) is 6.61 Å². The molecule has 11 heavy (non-hydrogen) atoms. The summed E-state index contributed by atoms with van der Waals surface area (Å²) in [7, 11) is 0. The predicted molar refractivity (Wildman–Crippen MR) is 47.6 cm³/mol. The Hall–Kier alpha value is -0.300. The van der Waals surface area contributed by atoms with Crippen LogP contribution in [0.3, 0.4) is 0 Å². The van der Waals surface area contributed by atoms with E-state index in [1.165, 1.54) is 5.57 Å². The van der Waals surface area contributed by atoms with Gasteiger partial charge in [-0.05, 0) is 18.8 Å². The van der Waals surface area contributed by atoms with Crippen LogP contribution in [0, 0.1) is 5.41 Å². The maximum absolute atomic E-state index is 5.64. The minimum Gasteiger partial charge on any atom is -0.373 e. The van der Waals surface area contributed by atoms with Crippen LogP contribution in [0.2, 0.25) is 0 Å². The number of hydrogen-bond donors (Lipinski definition) is 0. The highest BCUT2D eigenvalue weighted by molar-refractivity contribution is 5.04. The molecule has 0 aromatic carbocycles. The van der Waals surface area contributed by atoms with Crippen LogP contribution in [0.15, 0.2) is 11.6 Å². The molecule has 0 saturated heterocycles. The molecular formula is C10H18O. The van der Waals surface area contributed by atoms with E-state index in [1.807, 2.05) is 0 Å². The van der Waals surface area contributed by atoms with Crippen LogP contribution < -0.4 is 0 Å². The van der Waals surface area contributed by atoms with Crippen molar-refractivity contribution in [3.63, 3.8) is 0 Å². The van der Waals surface area contributed by atoms with Crippen LogP contribution in [0.5, 0.6) is 0 Å². The van der Waals surface area contributed by atoms with Crippen molar-refractivity contribution >= 4 is 0 Å². The van der Waals surface area contributed by atoms with Gasteiger partial charge < -0.3 is 4.74 Å². The van der Waals surface area contributed by atoms with Crippen LogP contribution in [-0.4, -0.2) is 12.7 Å². The molecule has 0 bridgehead atoms. The summed E-state index contributed by atoms with van der Waals surface area (Å²) in [5.41, 5.74) is 1.76. The molecule has 0 N–H and O–H groups in total. The lowest BCUT2D eigenvalue weighted by molar-refractivity contribution is -0.0105. The average molecular weight is 154 g/mol. The smallest absolute Gasteiger partial charge is 0.0664 e. The van der Waals surface area contributed by atoms with E-state index in [-0.39, 0.29) is 5.41 Å². The molecule has 1 heteroatoms. The van der Waals surface area contributed by atoms with Crippen molar-refractivity contribution in [3.8, 4) is 0 Å². The third-order valence-electron chi connectivity index (χ3n) is 2.20. The minimum atomic E-state index is 0.287. The zero-order valence-electron chi connectivity index (χ0n) is 7.98. The Morgan fingerprint density at radius 1 is 1.45 bits per heavy atom. The van der Waals surface area contributed by atoms with Gasteiger partial charge in [0.2, 0.25) is 0 Å². The van der Waals surface area contributed by atoms with Crippen molar-refractivity contribution < 1.29 is 4.74 Å². The van der Waals surface area contributed by atoms with Gasteiger partial charge >= 0.3 is 0 Å². The molecule has 1 nitrogen and oxygen atoms in total. The first-order valence-corrected chi connectivity index (χ1v) is 4.27. The Labute approximate surface area is 69.4 Å². The molecule has 0 radical (unpaired) electrons. The lowest BCUT2D eigenvalue weighted by atomic mass is 9.84. The second-order valence-corrected chi connectivity index (χ2v) is 4.44. The van der Waals surface area contributed by atoms with E-state index in [4.69, 9.17) is 4.74 Å². The molecule has 1 unspecified atom stereocenters. The van der Waals surface area contributed by atoms with Gasteiger partial charge in [0.1, 0.15) is 0 Å². The van der Waals surface area contributed by atoms with Gasteiger partial charge in [0.05, 0.1) is 12.7 Å². The van der Waals surface area contributed by atoms with E-state index in [2.05, 4.69) is 33.8 Å². The molecule has 1 aliphatic heterocycles. The molecule has 0 saturated carbocycles. The molecule has 0 spiro atoms. The summed E-state index contributed by atoms with van der Waals surface area (Å²) in [6, 6.07) is 0. The van der Waals surface area contributed by atoms with E-state index < -0.39 is 0 Å². The molecule has 1 aliphatic rings. The Morgan fingerprint density at radius 2 is 2.09 bits per heavy atom. The number of hydrogen-bond acceptors (Lipinski definition) is 1. The maximum Gasteiger partial charge on any atom is 0.0664 e. The SMILES string of the molecule is CC1=CCOC(C(C)(C)C)C1. The normalized spacial score (nSPS) is 26.5. The molecule has 1 heterocycles. The summed E-state index contributed by atoms with van der Waals surface area (Å²) in [6.07, 6.45) is 3.68. The minimum absolute atomic E-state index is 0.287. The average Bonchev–Trinajstić information content (AvgIpc) is 1.86. The van der Waals surface area contributed by atoms with E-state index in [1.54, 1.807) is 0 Å². The summed E-state index contributed by atoms with van der Waals surface area (Å²) in [4.78, 5) is 0. The summed E-state index contributed by atoms with van der Waals surface area (Å²) in [5.74, 6) is 0. The molecule has 0 amide bonds. The fourth-order valence-corrected chi connectivity index (χ4v) is 1.30. The zero-order chi connectivity index (χ0) is 8.48. The van der Waals surface area contributed by atoms with Crippen molar-refractivity contribution in [2.45, 2.75) is 40.2 Å². The van der Waals surface area contributed by atoms with Crippen LogP contribution in [-0.2, 0) is 4.74 Å². The molecule has 0 aromatic rings. The fraction of sp³-hybridized carbons (Fsp3) is 0.800. The molecular weight excluding hydrogens is 136 g/mol. The highest BCUT2D eigenvalue weighted by Gasteiger charge is 2.26. The first-order chi connectivity index (χ1) is 5.00. The van der Waals surface area contributed by atoms with Crippen molar-refractivity contribution in [1.82, 2.24) is 0 Å². The Kier molecular flexibility index (Phi) is 2.38. The van der Waals surface area contributed by atoms with Crippen LogP contribution in [0.4, 0.5) is 0 Å². The highest BCUT2D eigenvalue weighted by Crippen LogP contribution is 2.29. The monoisotopic (exact) mass is 154 g/mol. The summed E-state index contributed by atoms with van der Waals surface area (Å²) >= 11 is 0. The van der Waals surface area contributed by atoms with Gasteiger partial charge in [-0.2, -0.15) is 0 Å². The van der Waals surface area contributed by atoms with Crippen LogP contribution in [0.25, 0.3) is 0 Å². The van der Waals surface area contributed by atoms with Gasteiger partial charge in [-0.25, -0.2) is 0 Å². The highest BCUT2D eigenvalue weighted by atomic mass is 16.5. The Bertz CT molecular complexity index is 162. The summed E-state index contributed by atoms with van der Waals surface area (Å²) in [6.45, 7) is 9.68. The lowest BCUT2D eigenvalue weighted by Crippen LogP contribution is -2.31. The van der Waals surface area contributed by atoms with Crippen LogP contribution in [0.1, 0.15) is 34.1 Å². The van der Waals surface area contributed by atoms with E-state index in [9.17, 15) is 0 Å². The Balaban J connectivity index is 2.58. The first kappa shape index (κ1) is 8.79. The van der Waals surface area contributed by atoms with Gasteiger partial charge in [-0.3, -0.25) is 0 Å². The van der Waals surface area contributed by atoms with E-state index in [0.29, 0.717) is 6.10 Å². The number of rotatable bonds is 0. The third-order valence-corrected chi connectivity index (χ3v) is 2.20. The van der Waals surface area contributed by atoms with Gasteiger partial charge in [-0.1, -0.05) is 32.4 Å². The van der Waals surface area contributed by atoms with Crippen LogP contribution >= 0.6 is 0 Å². The topological polar surface area (TPSA) is 9.23 Å². The molecule has 1 rings (SSSR count).